The summed E-state index contributed by atoms with van der Waals surface area (Å²) in [7, 11) is 0. The van der Waals surface area contributed by atoms with Gasteiger partial charge in [-0.1, -0.05) is 18.9 Å². The van der Waals surface area contributed by atoms with Gasteiger partial charge in [-0.15, -0.1) is 6.58 Å². The highest BCUT2D eigenvalue weighted by atomic mass is 16.6. The van der Waals surface area contributed by atoms with Gasteiger partial charge in [0.05, 0.1) is 6.04 Å². The normalized spacial score (nSPS) is 12.6. The van der Waals surface area contributed by atoms with Crippen molar-refractivity contribution in [3.8, 4) is 0 Å². The van der Waals surface area contributed by atoms with E-state index >= 15 is 0 Å². The van der Waals surface area contributed by atoms with Crippen LogP contribution in [0.3, 0.4) is 0 Å². The minimum Gasteiger partial charge on any atom is -0.444 e. The second-order valence-corrected chi connectivity index (χ2v) is 5.32. The van der Waals surface area contributed by atoms with Crippen molar-refractivity contribution in [2.75, 3.05) is 0 Å². The van der Waals surface area contributed by atoms with Gasteiger partial charge in [-0.3, -0.25) is 0 Å². The van der Waals surface area contributed by atoms with E-state index in [1.807, 2.05) is 6.08 Å². The molecule has 4 heteroatoms. The van der Waals surface area contributed by atoms with Crippen molar-refractivity contribution in [2.45, 2.75) is 64.5 Å². The molecule has 0 rings (SSSR count). The Labute approximate surface area is 110 Å². The molecule has 1 atom stereocenters. The Morgan fingerprint density at radius 2 is 2.00 bits per heavy atom. The number of carbonyl (C=O) groups is 2. The van der Waals surface area contributed by atoms with Crippen molar-refractivity contribution in [2.24, 2.45) is 0 Å². The van der Waals surface area contributed by atoms with E-state index in [1.54, 1.807) is 20.8 Å². The first-order valence-corrected chi connectivity index (χ1v) is 6.44. The Bertz CT molecular complexity index is 269. The van der Waals surface area contributed by atoms with Gasteiger partial charge < -0.3 is 14.8 Å². The second kappa shape index (κ2) is 8.72. The van der Waals surface area contributed by atoms with Crippen molar-refractivity contribution in [3.63, 3.8) is 0 Å². The van der Waals surface area contributed by atoms with E-state index < -0.39 is 17.7 Å². The highest BCUT2D eigenvalue weighted by Gasteiger charge is 2.18. The molecule has 1 N–H and O–H groups in total. The van der Waals surface area contributed by atoms with Crippen LogP contribution in [0.5, 0.6) is 0 Å². The largest absolute Gasteiger partial charge is 0.444 e. The van der Waals surface area contributed by atoms with Crippen LogP contribution in [0.15, 0.2) is 12.7 Å². The average Bonchev–Trinajstić information content (AvgIpc) is 2.24. The first kappa shape index (κ1) is 16.7. The third-order valence-corrected chi connectivity index (χ3v) is 2.29. The highest BCUT2D eigenvalue weighted by Crippen LogP contribution is 2.08. The molecule has 0 saturated heterocycles. The van der Waals surface area contributed by atoms with Crippen LogP contribution in [0, 0.1) is 0 Å². The number of hydrogen-bond acceptors (Lipinski definition) is 3. The van der Waals surface area contributed by atoms with E-state index in [9.17, 15) is 9.59 Å². The number of carbonyl (C=O) groups excluding carboxylic acids is 2. The number of unbranched alkanes of at least 4 members (excludes halogenated alkanes) is 3. The Morgan fingerprint density at radius 3 is 2.50 bits per heavy atom. The van der Waals surface area contributed by atoms with E-state index in [-0.39, 0.29) is 0 Å². The molecule has 0 saturated carbocycles. The number of hydrogen-bond donors (Lipinski definition) is 1. The molecule has 0 bridgehead atoms. The third kappa shape index (κ3) is 9.87. The zero-order valence-electron chi connectivity index (χ0n) is 11.7. The number of aldehydes is 1. The lowest BCUT2D eigenvalue weighted by molar-refractivity contribution is -0.109. The zero-order chi connectivity index (χ0) is 14.0. The first-order valence-electron chi connectivity index (χ1n) is 6.44. The molecule has 0 fully saturated rings. The van der Waals surface area contributed by atoms with Gasteiger partial charge in [0.2, 0.25) is 0 Å². The summed E-state index contributed by atoms with van der Waals surface area (Å²) in [5.74, 6) is 0. The Morgan fingerprint density at radius 1 is 1.33 bits per heavy atom. The molecule has 0 aliphatic rings. The van der Waals surface area contributed by atoms with Crippen LogP contribution in [0.25, 0.3) is 0 Å². The second-order valence-electron chi connectivity index (χ2n) is 5.32. The summed E-state index contributed by atoms with van der Waals surface area (Å²) in [6.07, 6.45) is 6.77. The fourth-order valence-corrected chi connectivity index (χ4v) is 1.46. The predicted octanol–water partition coefficient (Wildman–Crippen LogP) is 3.22. The lowest BCUT2D eigenvalue weighted by Gasteiger charge is -2.21. The quantitative estimate of drug-likeness (QED) is 0.411. The fourth-order valence-electron chi connectivity index (χ4n) is 1.46. The third-order valence-electron chi connectivity index (χ3n) is 2.29. The highest BCUT2D eigenvalue weighted by molar-refractivity contribution is 5.73. The molecule has 104 valence electrons. The number of rotatable bonds is 8. The van der Waals surface area contributed by atoms with Crippen LogP contribution < -0.4 is 5.32 Å². The molecule has 0 radical (unpaired) electrons. The smallest absolute Gasteiger partial charge is 0.408 e. The monoisotopic (exact) mass is 255 g/mol. The summed E-state index contributed by atoms with van der Waals surface area (Å²) in [6, 6.07) is -0.455. The summed E-state index contributed by atoms with van der Waals surface area (Å²) >= 11 is 0. The predicted molar refractivity (Wildman–Crippen MR) is 72.5 cm³/mol. The molecule has 0 aromatic rings. The van der Waals surface area contributed by atoms with Gasteiger partial charge in [-0.2, -0.15) is 0 Å². The SMILES string of the molecule is C=CCCCCCC(C=O)NC(=O)OC(C)(C)C. The molecule has 1 unspecified atom stereocenters. The van der Waals surface area contributed by atoms with Crippen molar-refractivity contribution >= 4 is 12.4 Å². The van der Waals surface area contributed by atoms with Crippen LogP contribution in [0.2, 0.25) is 0 Å². The number of amides is 1. The van der Waals surface area contributed by atoms with Gasteiger partial charge >= 0.3 is 6.09 Å². The molecule has 4 nitrogen and oxygen atoms in total. The van der Waals surface area contributed by atoms with Crippen LogP contribution in [-0.4, -0.2) is 24.0 Å². The standard InChI is InChI=1S/C14H25NO3/c1-5-6-7-8-9-10-12(11-16)15-13(17)18-14(2,3)4/h5,11-12H,1,6-10H2,2-4H3,(H,15,17). The summed E-state index contributed by atoms with van der Waals surface area (Å²) in [5.41, 5.74) is -0.540. The Balaban J connectivity index is 3.85. The van der Waals surface area contributed by atoms with E-state index in [0.717, 1.165) is 32.0 Å². The van der Waals surface area contributed by atoms with Gasteiger partial charge in [0.15, 0.2) is 0 Å². The molecule has 0 aromatic heterocycles. The Hall–Kier alpha value is -1.32. The van der Waals surface area contributed by atoms with Crippen molar-refractivity contribution in [1.82, 2.24) is 5.32 Å². The summed E-state index contributed by atoms with van der Waals surface area (Å²) in [5, 5.41) is 2.56. The van der Waals surface area contributed by atoms with Gasteiger partial charge in [-0.25, -0.2) is 4.79 Å². The van der Waals surface area contributed by atoms with Crippen LogP contribution in [-0.2, 0) is 9.53 Å². The molecule has 0 aromatic carbocycles. The molecule has 0 aliphatic heterocycles. The number of nitrogens with one attached hydrogen (secondary N) is 1. The number of allylic oxidation sites excluding steroid dienone is 1. The molecule has 0 aliphatic carbocycles. The first-order chi connectivity index (χ1) is 8.39. The summed E-state index contributed by atoms with van der Waals surface area (Å²) in [6.45, 7) is 9.02. The minimum absolute atomic E-state index is 0.455. The summed E-state index contributed by atoms with van der Waals surface area (Å²) in [4.78, 5) is 22.3. The van der Waals surface area contributed by atoms with Crippen molar-refractivity contribution in [1.29, 1.82) is 0 Å². The van der Waals surface area contributed by atoms with Gasteiger partial charge in [0.25, 0.3) is 0 Å². The zero-order valence-corrected chi connectivity index (χ0v) is 11.7. The van der Waals surface area contributed by atoms with Gasteiger partial charge in [0, 0.05) is 0 Å². The van der Waals surface area contributed by atoms with Crippen molar-refractivity contribution < 1.29 is 14.3 Å². The molecule has 0 spiro atoms. The van der Waals surface area contributed by atoms with Crippen molar-refractivity contribution in [3.05, 3.63) is 12.7 Å². The maximum absolute atomic E-state index is 11.5. The van der Waals surface area contributed by atoms with Crippen LogP contribution in [0.4, 0.5) is 4.79 Å². The van der Waals surface area contributed by atoms with E-state index in [2.05, 4.69) is 11.9 Å². The molecule has 1 amide bonds. The fraction of sp³-hybridized carbons (Fsp3) is 0.714. The number of ether oxygens (including phenoxy) is 1. The lowest BCUT2D eigenvalue weighted by Crippen LogP contribution is -2.39. The van der Waals surface area contributed by atoms with E-state index in [4.69, 9.17) is 4.74 Å². The Kier molecular flexibility index (Phi) is 8.08. The van der Waals surface area contributed by atoms with E-state index in [0.29, 0.717) is 6.42 Å². The minimum atomic E-state index is -0.540. The average molecular weight is 255 g/mol. The molecule has 18 heavy (non-hydrogen) atoms. The topological polar surface area (TPSA) is 55.4 Å². The van der Waals surface area contributed by atoms with Crippen LogP contribution >= 0.6 is 0 Å². The van der Waals surface area contributed by atoms with Crippen LogP contribution in [0.1, 0.15) is 52.9 Å². The lowest BCUT2D eigenvalue weighted by atomic mass is 10.1. The molecular weight excluding hydrogens is 230 g/mol. The summed E-state index contributed by atoms with van der Waals surface area (Å²) < 4.78 is 5.09. The maximum atomic E-state index is 11.5. The van der Waals surface area contributed by atoms with Gasteiger partial charge in [-0.05, 0) is 40.0 Å². The van der Waals surface area contributed by atoms with E-state index in [1.165, 1.54) is 0 Å². The molecule has 0 heterocycles. The molecular formula is C14H25NO3. The van der Waals surface area contributed by atoms with Gasteiger partial charge in [0.1, 0.15) is 11.9 Å². The number of alkyl carbamates (subject to hydrolysis) is 1. The maximum Gasteiger partial charge on any atom is 0.408 e.